The highest BCUT2D eigenvalue weighted by Gasteiger charge is 2.13. The summed E-state index contributed by atoms with van der Waals surface area (Å²) in [6, 6.07) is 7.41. The van der Waals surface area contributed by atoms with E-state index in [-0.39, 0.29) is 11.8 Å². The van der Waals surface area contributed by atoms with Crippen LogP contribution in [0.5, 0.6) is 0 Å². The van der Waals surface area contributed by atoms with Crippen LogP contribution in [0.1, 0.15) is 26.7 Å². The minimum Gasteiger partial charge on any atom is -0.326 e. The highest BCUT2D eigenvalue weighted by Crippen LogP contribution is 2.15. The summed E-state index contributed by atoms with van der Waals surface area (Å²) in [6.07, 6.45) is 3.23. The van der Waals surface area contributed by atoms with E-state index in [4.69, 9.17) is 0 Å². The third kappa shape index (κ3) is 3.15. The third-order valence-corrected chi connectivity index (χ3v) is 3.10. The Bertz CT molecular complexity index is 516. The van der Waals surface area contributed by atoms with Gasteiger partial charge in [0.2, 0.25) is 5.91 Å². The van der Waals surface area contributed by atoms with Crippen molar-refractivity contribution in [3.63, 3.8) is 0 Å². The number of hydrogen-bond donors (Lipinski definition) is 1. The zero-order chi connectivity index (χ0) is 13.7. The number of hydrogen-bond acceptors (Lipinski definition) is 4. The van der Waals surface area contributed by atoms with E-state index in [2.05, 4.69) is 20.8 Å². The number of benzene rings is 1. The van der Waals surface area contributed by atoms with Crippen molar-refractivity contribution in [3.05, 3.63) is 30.6 Å². The number of rotatable bonds is 5. The number of anilines is 1. The smallest absolute Gasteiger partial charge is 0.227 e. The van der Waals surface area contributed by atoms with Crippen molar-refractivity contribution in [1.29, 1.82) is 0 Å². The summed E-state index contributed by atoms with van der Waals surface area (Å²) in [4.78, 5) is 11.9. The Balaban J connectivity index is 2.05. The molecule has 0 spiro atoms. The molecule has 6 heteroatoms. The van der Waals surface area contributed by atoms with E-state index in [0.717, 1.165) is 24.2 Å². The Hall–Kier alpha value is -2.24. The van der Waals surface area contributed by atoms with Gasteiger partial charge in [0.05, 0.1) is 5.69 Å². The van der Waals surface area contributed by atoms with Gasteiger partial charge in [0, 0.05) is 11.6 Å². The lowest BCUT2D eigenvalue weighted by Crippen LogP contribution is -2.21. The predicted octanol–water partition coefficient (Wildman–Crippen LogP) is 2.04. The summed E-state index contributed by atoms with van der Waals surface area (Å²) in [5.41, 5.74) is 1.64. The van der Waals surface area contributed by atoms with E-state index >= 15 is 0 Å². The van der Waals surface area contributed by atoms with Crippen LogP contribution in [-0.2, 0) is 4.79 Å². The monoisotopic (exact) mass is 259 g/mol. The van der Waals surface area contributed by atoms with Crippen LogP contribution >= 0.6 is 0 Å². The van der Waals surface area contributed by atoms with E-state index in [1.54, 1.807) is 4.68 Å². The second-order valence-electron chi connectivity index (χ2n) is 4.30. The summed E-state index contributed by atoms with van der Waals surface area (Å²) in [6.45, 7) is 4.04. The van der Waals surface area contributed by atoms with Crippen LogP contribution in [-0.4, -0.2) is 26.1 Å². The maximum atomic E-state index is 11.9. The lowest BCUT2D eigenvalue weighted by atomic mass is 10.0. The summed E-state index contributed by atoms with van der Waals surface area (Å²) in [5.74, 6) is 0.138. The van der Waals surface area contributed by atoms with E-state index in [9.17, 15) is 4.79 Å². The molecule has 0 radical (unpaired) electrons. The van der Waals surface area contributed by atoms with Crippen molar-refractivity contribution in [2.24, 2.45) is 5.92 Å². The van der Waals surface area contributed by atoms with Crippen LogP contribution in [0.3, 0.4) is 0 Å². The van der Waals surface area contributed by atoms with Gasteiger partial charge in [-0.05, 0) is 47.5 Å². The highest BCUT2D eigenvalue weighted by atomic mass is 16.1. The van der Waals surface area contributed by atoms with Gasteiger partial charge in [-0.1, -0.05) is 13.8 Å². The fourth-order valence-corrected chi connectivity index (χ4v) is 1.88. The Kier molecular flexibility index (Phi) is 4.22. The van der Waals surface area contributed by atoms with Gasteiger partial charge in [-0.2, -0.15) is 0 Å². The molecular formula is C13H17N5O. The molecule has 1 amide bonds. The van der Waals surface area contributed by atoms with Crippen LogP contribution in [0.25, 0.3) is 5.69 Å². The van der Waals surface area contributed by atoms with Crippen LogP contribution in [0.2, 0.25) is 0 Å². The first-order chi connectivity index (χ1) is 9.24. The van der Waals surface area contributed by atoms with E-state index in [1.807, 2.05) is 38.1 Å². The van der Waals surface area contributed by atoms with Gasteiger partial charge in [-0.25, -0.2) is 4.68 Å². The molecular weight excluding hydrogens is 242 g/mol. The quantitative estimate of drug-likeness (QED) is 0.891. The van der Waals surface area contributed by atoms with Crippen molar-refractivity contribution in [3.8, 4) is 5.69 Å². The average molecular weight is 259 g/mol. The van der Waals surface area contributed by atoms with Crippen LogP contribution in [0.4, 0.5) is 5.69 Å². The molecule has 0 aliphatic heterocycles. The second kappa shape index (κ2) is 6.08. The molecule has 0 bridgehead atoms. The average Bonchev–Trinajstić information content (AvgIpc) is 2.95. The van der Waals surface area contributed by atoms with Gasteiger partial charge in [0.1, 0.15) is 6.33 Å². The number of nitrogens with one attached hydrogen (secondary N) is 1. The maximum absolute atomic E-state index is 11.9. The third-order valence-electron chi connectivity index (χ3n) is 3.10. The second-order valence-corrected chi connectivity index (χ2v) is 4.30. The molecule has 0 fully saturated rings. The Morgan fingerprint density at radius 2 is 1.95 bits per heavy atom. The highest BCUT2D eigenvalue weighted by molar-refractivity contribution is 5.92. The largest absolute Gasteiger partial charge is 0.326 e. The van der Waals surface area contributed by atoms with Gasteiger partial charge in [0.15, 0.2) is 0 Å². The first kappa shape index (κ1) is 13.2. The van der Waals surface area contributed by atoms with E-state index < -0.39 is 0 Å². The maximum Gasteiger partial charge on any atom is 0.227 e. The molecule has 0 saturated heterocycles. The molecule has 0 unspecified atom stereocenters. The number of carbonyl (C=O) groups is 1. The molecule has 1 N–H and O–H groups in total. The lowest BCUT2D eigenvalue weighted by Gasteiger charge is -2.12. The summed E-state index contributed by atoms with van der Waals surface area (Å²) in [5, 5.41) is 13.9. The van der Waals surface area contributed by atoms with Gasteiger partial charge >= 0.3 is 0 Å². The normalized spacial score (nSPS) is 10.7. The van der Waals surface area contributed by atoms with Crippen LogP contribution in [0, 0.1) is 5.92 Å². The van der Waals surface area contributed by atoms with Crippen molar-refractivity contribution in [2.45, 2.75) is 26.7 Å². The molecule has 6 nitrogen and oxygen atoms in total. The van der Waals surface area contributed by atoms with Crippen LogP contribution in [0.15, 0.2) is 30.6 Å². The minimum atomic E-state index is 0.0687. The molecule has 2 rings (SSSR count). The van der Waals surface area contributed by atoms with Crippen molar-refractivity contribution < 1.29 is 4.79 Å². The summed E-state index contributed by atoms with van der Waals surface area (Å²) in [7, 11) is 0. The molecule has 1 aromatic heterocycles. The molecule has 2 aromatic rings. The van der Waals surface area contributed by atoms with Gasteiger partial charge in [0.25, 0.3) is 0 Å². The summed E-state index contributed by atoms with van der Waals surface area (Å²) >= 11 is 0. The number of amides is 1. The van der Waals surface area contributed by atoms with E-state index in [0.29, 0.717) is 0 Å². The Labute approximate surface area is 111 Å². The Morgan fingerprint density at radius 1 is 1.26 bits per heavy atom. The molecule has 0 aliphatic carbocycles. The molecule has 1 aromatic carbocycles. The number of nitrogens with zero attached hydrogens (tertiary/aromatic N) is 4. The van der Waals surface area contributed by atoms with Crippen molar-refractivity contribution in [1.82, 2.24) is 20.2 Å². The van der Waals surface area contributed by atoms with Gasteiger partial charge in [-0.15, -0.1) is 5.10 Å². The molecule has 19 heavy (non-hydrogen) atoms. The molecule has 0 atom stereocenters. The van der Waals surface area contributed by atoms with Crippen molar-refractivity contribution in [2.75, 3.05) is 5.32 Å². The number of carbonyl (C=O) groups excluding carboxylic acids is 1. The van der Waals surface area contributed by atoms with Gasteiger partial charge < -0.3 is 5.32 Å². The van der Waals surface area contributed by atoms with Crippen molar-refractivity contribution >= 4 is 11.6 Å². The molecule has 0 saturated carbocycles. The first-order valence-corrected chi connectivity index (χ1v) is 6.38. The number of aromatic nitrogens is 4. The van der Waals surface area contributed by atoms with Gasteiger partial charge in [-0.3, -0.25) is 4.79 Å². The minimum absolute atomic E-state index is 0.0687. The lowest BCUT2D eigenvalue weighted by molar-refractivity contribution is -0.120. The molecule has 100 valence electrons. The predicted molar refractivity (Wildman–Crippen MR) is 71.9 cm³/mol. The van der Waals surface area contributed by atoms with E-state index in [1.165, 1.54) is 6.33 Å². The molecule has 1 heterocycles. The topological polar surface area (TPSA) is 72.7 Å². The zero-order valence-electron chi connectivity index (χ0n) is 11.1. The Morgan fingerprint density at radius 3 is 2.47 bits per heavy atom. The number of tetrazole rings is 1. The first-order valence-electron chi connectivity index (χ1n) is 6.38. The fraction of sp³-hybridized carbons (Fsp3) is 0.385. The zero-order valence-corrected chi connectivity index (χ0v) is 11.1. The van der Waals surface area contributed by atoms with Crippen LogP contribution < -0.4 is 5.32 Å². The SMILES string of the molecule is CCC(CC)C(=O)Nc1ccc(-n2cnnn2)cc1. The summed E-state index contributed by atoms with van der Waals surface area (Å²) < 4.78 is 1.56. The standard InChI is InChI=1S/C13H17N5O/c1-3-10(4-2)13(19)15-11-5-7-12(8-6-11)18-9-14-16-17-18/h5-10H,3-4H2,1-2H3,(H,15,19). The fourth-order valence-electron chi connectivity index (χ4n) is 1.88. The molecule has 0 aliphatic rings.